The van der Waals surface area contributed by atoms with Gasteiger partial charge in [-0.1, -0.05) is 23.4 Å². The highest BCUT2D eigenvalue weighted by Crippen LogP contribution is 2.35. The maximum Gasteiger partial charge on any atom is 0.254 e. The number of aliphatic imine (C=N–C) groups is 1. The molecule has 0 unspecified atom stereocenters. The van der Waals surface area contributed by atoms with Gasteiger partial charge in [0.05, 0.1) is 28.3 Å². The number of amides is 1. The van der Waals surface area contributed by atoms with E-state index in [2.05, 4.69) is 15.2 Å². The monoisotopic (exact) mass is 532 g/mol. The first-order valence-corrected chi connectivity index (χ1v) is 14.4. The van der Waals surface area contributed by atoms with Gasteiger partial charge in [-0.05, 0) is 49.4 Å². The molecule has 0 spiro atoms. The lowest BCUT2D eigenvalue weighted by atomic mass is 10.1. The molecule has 1 amide bonds. The third-order valence-corrected chi connectivity index (χ3v) is 9.95. The van der Waals surface area contributed by atoms with Gasteiger partial charge in [-0.2, -0.15) is 0 Å². The van der Waals surface area contributed by atoms with Crippen LogP contribution in [0, 0.1) is 0 Å². The molecule has 0 aliphatic carbocycles. The number of ketones is 1. The highest BCUT2D eigenvalue weighted by molar-refractivity contribution is 8.15. The largest absolute Gasteiger partial charge is 0.368 e. The molecule has 2 atom stereocenters. The summed E-state index contributed by atoms with van der Waals surface area (Å²) in [5, 5.41) is 4.22. The number of piperazine rings is 1. The standard InChI is InChI=1S/C24H25ClN4O4S2/c1-15(30)16-2-5-18(6-3-16)28-8-10-29(11-9-28)23(31)17-4-7-19(25)20(12-17)26-24-27-21-13-35(32,33)14-22(21)34-24/h2-7,12,21-22H,8-11,13-14H2,1H3,(H,26,27)/t21-,22-/m0/s1. The summed E-state index contributed by atoms with van der Waals surface area (Å²) in [6.45, 7) is 4.11. The van der Waals surface area contributed by atoms with Crippen molar-refractivity contribution in [2.24, 2.45) is 4.99 Å². The van der Waals surface area contributed by atoms with Crippen LogP contribution in [0.5, 0.6) is 0 Å². The normalized spacial score (nSPS) is 23.1. The summed E-state index contributed by atoms with van der Waals surface area (Å²) in [7, 11) is -3.02. The summed E-state index contributed by atoms with van der Waals surface area (Å²) < 4.78 is 23.6. The molecule has 0 saturated carbocycles. The molecule has 8 nitrogen and oxygen atoms in total. The van der Waals surface area contributed by atoms with Crippen LogP contribution in [0.25, 0.3) is 0 Å². The van der Waals surface area contributed by atoms with Crippen molar-refractivity contribution in [3.05, 3.63) is 58.6 Å². The zero-order chi connectivity index (χ0) is 24.7. The number of halogens is 1. The summed E-state index contributed by atoms with van der Waals surface area (Å²) >= 11 is 7.78. The van der Waals surface area contributed by atoms with Crippen LogP contribution in [-0.4, -0.2) is 79.2 Å². The summed E-state index contributed by atoms with van der Waals surface area (Å²) in [6, 6.07) is 12.4. The van der Waals surface area contributed by atoms with Crippen molar-refractivity contribution in [2.45, 2.75) is 18.2 Å². The van der Waals surface area contributed by atoms with Crippen molar-refractivity contribution in [1.29, 1.82) is 0 Å². The number of thioether (sulfide) groups is 1. The fourth-order valence-electron chi connectivity index (χ4n) is 4.54. The van der Waals surface area contributed by atoms with Gasteiger partial charge in [0.2, 0.25) is 0 Å². The van der Waals surface area contributed by atoms with E-state index in [1.807, 2.05) is 29.2 Å². The number of fused-ring (bicyclic) bond motifs is 1. The molecule has 0 radical (unpaired) electrons. The van der Waals surface area contributed by atoms with Crippen LogP contribution < -0.4 is 10.2 Å². The third kappa shape index (κ3) is 5.19. The molecule has 184 valence electrons. The number of nitrogens with zero attached hydrogens (tertiary/aromatic N) is 3. The van der Waals surface area contributed by atoms with Crippen LogP contribution in [-0.2, 0) is 9.84 Å². The van der Waals surface area contributed by atoms with Crippen molar-refractivity contribution in [1.82, 2.24) is 4.90 Å². The number of carbonyl (C=O) groups is 2. The molecule has 3 aliphatic heterocycles. The Bertz CT molecular complexity index is 1310. The number of Topliss-reactive ketones (excluding diaryl/α,β-unsaturated/α-hetero) is 1. The first-order valence-electron chi connectivity index (χ1n) is 11.4. The highest BCUT2D eigenvalue weighted by Gasteiger charge is 2.42. The average Bonchev–Trinajstić information content (AvgIpc) is 3.32. The average molecular weight is 533 g/mol. The molecule has 2 saturated heterocycles. The maximum atomic E-state index is 13.2. The molecule has 0 bridgehead atoms. The summed E-state index contributed by atoms with van der Waals surface area (Å²) in [4.78, 5) is 33.2. The van der Waals surface area contributed by atoms with E-state index in [1.165, 1.54) is 11.8 Å². The molecular weight excluding hydrogens is 508 g/mol. The molecule has 3 aliphatic rings. The van der Waals surface area contributed by atoms with E-state index >= 15 is 0 Å². The number of carbonyl (C=O) groups excluding carboxylic acids is 2. The lowest BCUT2D eigenvalue weighted by Crippen LogP contribution is -2.48. The van der Waals surface area contributed by atoms with Crippen molar-refractivity contribution in [3.63, 3.8) is 0 Å². The molecule has 0 aromatic heterocycles. The van der Waals surface area contributed by atoms with Crippen LogP contribution >= 0.6 is 23.4 Å². The minimum atomic E-state index is -3.02. The Kier molecular flexibility index (Phi) is 6.54. The topological polar surface area (TPSA) is 99.2 Å². The molecule has 2 aromatic carbocycles. The van der Waals surface area contributed by atoms with Crippen molar-refractivity contribution < 1.29 is 18.0 Å². The molecular formula is C24H25ClN4O4S2. The SMILES string of the molecule is CC(=O)c1ccc(N2CCN(C(=O)c3ccc(Cl)c(NC4=N[C@H]5CS(=O)(=O)C[C@@H]5S4)c3)CC2)cc1. The maximum absolute atomic E-state index is 13.2. The quantitative estimate of drug-likeness (QED) is 0.604. The predicted octanol–water partition coefficient (Wildman–Crippen LogP) is 3.19. The van der Waals surface area contributed by atoms with Gasteiger partial charge >= 0.3 is 0 Å². The second-order valence-electron chi connectivity index (χ2n) is 8.94. The van der Waals surface area contributed by atoms with E-state index in [-0.39, 0.29) is 34.5 Å². The number of amidine groups is 1. The summed E-state index contributed by atoms with van der Waals surface area (Å²) in [5.41, 5.74) is 2.83. The Hall–Kier alpha value is -2.56. The van der Waals surface area contributed by atoms with Crippen LogP contribution in [0.1, 0.15) is 27.6 Å². The van der Waals surface area contributed by atoms with Crippen LogP contribution in [0.4, 0.5) is 11.4 Å². The van der Waals surface area contributed by atoms with Gasteiger partial charge in [0, 0.05) is 48.2 Å². The lowest BCUT2D eigenvalue weighted by Gasteiger charge is -2.36. The zero-order valence-electron chi connectivity index (χ0n) is 19.1. The highest BCUT2D eigenvalue weighted by atomic mass is 35.5. The van der Waals surface area contributed by atoms with E-state index in [1.54, 1.807) is 25.1 Å². The van der Waals surface area contributed by atoms with Crippen molar-refractivity contribution in [3.8, 4) is 0 Å². The van der Waals surface area contributed by atoms with E-state index in [4.69, 9.17) is 11.6 Å². The number of hydrogen-bond acceptors (Lipinski definition) is 8. The fourth-order valence-corrected chi connectivity index (χ4v) is 8.38. The Morgan fingerprint density at radius 1 is 1.03 bits per heavy atom. The Morgan fingerprint density at radius 2 is 1.71 bits per heavy atom. The van der Waals surface area contributed by atoms with Gasteiger partial charge in [0.15, 0.2) is 20.8 Å². The lowest BCUT2D eigenvalue weighted by molar-refractivity contribution is 0.0746. The van der Waals surface area contributed by atoms with Gasteiger partial charge in [-0.25, -0.2) is 8.42 Å². The third-order valence-electron chi connectivity index (χ3n) is 6.48. The number of benzene rings is 2. The smallest absolute Gasteiger partial charge is 0.254 e. The Morgan fingerprint density at radius 3 is 2.37 bits per heavy atom. The minimum Gasteiger partial charge on any atom is -0.368 e. The van der Waals surface area contributed by atoms with Crippen molar-refractivity contribution >= 4 is 61.4 Å². The Labute approximate surface area is 213 Å². The van der Waals surface area contributed by atoms with Gasteiger partial charge in [-0.3, -0.25) is 14.6 Å². The molecule has 3 heterocycles. The van der Waals surface area contributed by atoms with E-state index in [0.717, 1.165) is 5.69 Å². The Balaban J connectivity index is 1.22. The first-order chi connectivity index (χ1) is 16.7. The summed E-state index contributed by atoms with van der Waals surface area (Å²) in [5.74, 6) is 0.184. The van der Waals surface area contributed by atoms with Crippen LogP contribution in [0.3, 0.4) is 0 Å². The van der Waals surface area contributed by atoms with Crippen LogP contribution in [0.15, 0.2) is 47.5 Å². The number of hydrogen-bond donors (Lipinski definition) is 1. The first kappa shape index (κ1) is 24.1. The molecule has 5 rings (SSSR count). The van der Waals surface area contributed by atoms with E-state index < -0.39 is 9.84 Å². The van der Waals surface area contributed by atoms with E-state index in [0.29, 0.717) is 53.2 Å². The molecule has 35 heavy (non-hydrogen) atoms. The molecule has 2 fully saturated rings. The zero-order valence-corrected chi connectivity index (χ0v) is 21.5. The predicted molar refractivity (Wildman–Crippen MR) is 141 cm³/mol. The summed E-state index contributed by atoms with van der Waals surface area (Å²) in [6.07, 6.45) is 0. The number of anilines is 2. The van der Waals surface area contributed by atoms with Gasteiger partial charge < -0.3 is 15.1 Å². The fraction of sp³-hybridized carbons (Fsp3) is 0.375. The van der Waals surface area contributed by atoms with Gasteiger partial charge in [-0.15, -0.1) is 0 Å². The second kappa shape index (κ2) is 9.48. The van der Waals surface area contributed by atoms with Crippen LogP contribution in [0.2, 0.25) is 5.02 Å². The minimum absolute atomic E-state index is 0.0400. The molecule has 11 heteroatoms. The van der Waals surface area contributed by atoms with Crippen molar-refractivity contribution in [2.75, 3.05) is 47.9 Å². The number of nitrogens with one attached hydrogen (secondary N) is 1. The number of rotatable bonds is 4. The molecule has 1 N–H and O–H groups in total. The van der Waals surface area contributed by atoms with Gasteiger partial charge in [0.25, 0.3) is 5.91 Å². The van der Waals surface area contributed by atoms with Gasteiger partial charge in [0.1, 0.15) is 0 Å². The number of sulfone groups is 1. The molecule has 2 aromatic rings. The second-order valence-corrected chi connectivity index (χ2v) is 12.7. The van der Waals surface area contributed by atoms with E-state index in [9.17, 15) is 18.0 Å².